The van der Waals surface area contributed by atoms with Gasteiger partial charge < -0.3 is 19.2 Å². The molecule has 0 spiro atoms. The summed E-state index contributed by atoms with van der Waals surface area (Å²) in [6.45, 7) is 4.13. The molecule has 0 unspecified atom stereocenters. The fraction of sp³-hybridized carbons (Fsp3) is 0.391. The lowest BCUT2D eigenvalue weighted by molar-refractivity contribution is 0.102. The molecule has 3 aromatic heterocycles. The molecular formula is C23H27N5O3. The molecular weight excluding hydrogens is 394 g/mol. The molecule has 0 bridgehead atoms. The molecule has 0 radical (unpaired) electrons. The van der Waals surface area contributed by atoms with Crippen LogP contribution in [0, 0.1) is 0 Å². The third-order valence-corrected chi connectivity index (χ3v) is 5.45. The average molecular weight is 422 g/mol. The van der Waals surface area contributed by atoms with Crippen LogP contribution in [0.5, 0.6) is 5.75 Å². The highest BCUT2D eigenvalue weighted by Gasteiger charge is 2.20. The number of aromatic nitrogens is 4. The summed E-state index contributed by atoms with van der Waals surface area (Å²) in [7, 11) is 1.62. The van der Waals surface area contributed by atoms with Gasteiger partial charge in [0.15, 0.2) is 5.82 Å². The van der Waals surface area contributed by atoms with Crippen LogP contribution in [0.2, 0.25) is 0 Å². The average Bonchev–Trinajstić information content (AvgIpc) is 3.42. The highest BCUT2D eigenvalue weighted by atomic mass is 16.5. The standard InChI is InChI=1S/C23H27N5O3/c1-15(2)28-12-11-24-21(28)19-9-6-10-20(25-19)26-22(29)18-13-17(14-27(3)23(18)30)31-16-7-4-5-8-16/h6,9-16H,4-5,7-8H2,1-3H3,(H,25,26,29). The van der Waals surface area contributed by atoms with E-state index in [1.165, 1.54) is 10.6 Å². The largest absolute Gasteiger partial charge is 0.489 e. The fourth-order valence-corrected chi connectivity index (χ4v) is 3.85. The van der Waals surface area contributed by atoms with Crippen LogP contribution in [0.25, 0.3) is 11.5 Å². The molecule has 0 saturated heterocycles. The van der Waals surface area contributed by atoms with Crippen molar-refractivity contribution in [2.75, 3.05) is 5.32 Å². The molecule has 3 aromatic rings. The molecule has 1 aliphatic carbocycles. The van der Waals surface area contributed by atoms with Gasteiger partial charge in [-0.25, -0.2) is 9.97 Å². The molecule has 1 amide bonds. The maximum atomic E-state index is 12.9. The van der Waals surface area contributed by atoms with E-state index in [1.807, 2.05) is 16.8 Å². The van der Waals surface area contributed by atoms with E-state index in [2.05, 4.69) is 29.1 Å². The quantitative estimate of drug-likeness (QED) is 0.654. The van der Waals surface area contributed by atoms with Gasteiger partial charge >= 0.3 is 0 Å². The minimum Gasteiger partial charge on any atom is -0.489 e. The van der Waals surface area contributed by atoms with Gasteiger partial charge in [0.2, 0.25) is 0 Å². The maximum absolute atomic E-state index is 12.9. The van der Waals surface area contributed by atoms with Crippen molar-refractivity contribution in [2.45, 2.75) is 51.7 Å². The van der Waals surface area contributed by atoms with Crippen LogP contribution in [0.4, 0.5) is 5.82 Å². The molecule has 0 atom stereocenters. The number of carbonyl (C=O) groups excluding carboxylic acids is 1. The van der Waals surface area contributed by atoms with Crippen LogP contribution < -0.4 is 15.6 Å². The van der Waals surface area contributed by atoms with Crippen molar-refractivity contribution in [3.63, 3.8) is 0 Å². The zero-order chi connectivity index (χ0) is 22.0. The lowest BCUT2D eigenvalue weighted by atomic mass is 10.2. The number of hydrogen-bond acceptors (Lipinski definition) is 5. The molecule has 31 heavy (non-hydrogen) atoms. The summed E-state index contributed by atoms with van der Waals surface area (Å²) in [6.07, 6.45) is 9.65. The predicted octanol–water partition coefficient (Wildman–Crippen LogP) is 3.80. The molecule has 1 aliphatic rings. The summed E-state index contributed by atoms with van der Waals surface area (Å²) in [5, 5.41) is 2.74. The Kier molecular flexibility index (Phi) is 5.88. The van der Waals surface area contributed by atoms with Gasteiger partial charge in [-0.2, -0.15) is 0 Å². The highest BCUT2D eigenvalue weighted by Crippen LogP contribution is 2.24. The zero-order valence-corrected chi connectivity index (χ0v) is 18.0. The second kappa shape index (κ2) is 8.75. The van der Waals surface area contributed by atoms with Crippen LogP contribution in [-0.4, -0.2) is 31.1 Å². The number of hydrogen-bond donors (Lipinski definition) is 1. The maximum Gasteiger partial charge on any atom is 0.263 e. The van der Waals surface area contributed by atoms with E-state index in [9.17, 15) is 9.59 Å². The first-order valence-corrected chi connectivity index (χ1v) is 10.6. The van der Waals surface area contributed by atoms with Crippen molar-refractivity contribution in [2.24, 2.45) is 7.05 Å². The Morgan fingerprint density at radius 3 is 2.77 bits per heavy atom. The Bertz CT molecular complexity index is 1140. The zero-order valence-electron chi connectivity index (χ0n) is 18.0. The summed E-state index contributed by atoms with van der Waals surface area (Å²) < 4.78 is 9.37. The summed E-state index contributed by atoms with van der Waals surface area (Å²) >= 11 is 0. The molecule has 4 rings (SSSR count). The minimum atomic E-state index is -0.519. The number of nitrogens with one attached hydrogen (secondary N) is 1. The predicted molar refractivity (Wildman–Crippen MR) is 118 cm³/mol. The van der Waals surface area contributed by atoms with Gasteiger partial charge in [0.1, 0.15) is 22.8 Å². The Labute approximate surface area is 180 Å². The van der Waals surface area contributed by atoms with Gasteiger partial charge in [-0.15, -0.1) is 0 Å². The van der Waals surface area contributed by atoms with Crippen LogP contribution in [0.3, 0.4) is 0 Å². The first-order chi connectivity index (χ1) is 14.9. The summed E-state index contributed by atoms with van der Waals surface area (Å²) in [5.74, 6) is 1.08. The number of rotatable bonds is 6. The number of nitrogens with zero attached hydrogens (tertiary/aromatic N) is 4. The molecule has 3 heterocycles. The van der Waals surface area contributed by atoms with Crippen molar-refractivity contribution < 1.29 is 9.53 Å². The van der Waals surface area contributed by atoms with E-state index in [0.29, 0.717) is 23.1 Å². The normalized spacial score (nSPS) is 14.2. The molecule has 1 saturated carbocycles. The molecule has 1 fully saturated rings. The van der Waals surface area contributed by atoms with Crippen molar-refractivity contribution in [1.29, 1.82) is 0 Å². The summed E-state index contributed by atoms with van der Waals surface area (Å²) in [5.41, 5.74) is 0.277. The van der Waals surface area contributed by atoms with Gasteiger partial charge in [-0.05, 0) is 51.7 Å². The van der Waals surface area contributed by atoms with Crippen molar-refractivity contribution in [3.05, 3.63) is 58.8 Å². The fourth-order valence-electron chi connectivity index (χ4n) is 3.85. The smallest absolute Gasteiger partial charge is 0.263 e. The van der Waals surface area contributed by atoms with Crippen LogP contribution >= 0.6 is 0 Å². The number of imidazole rings is 1. The molecule has 1 N–H and O–H groups in total. The summed E-state index contributed by atoms with van der Waals surface area (Å²) in [6, 6.07) is 7.07. The topological polar surface area (TPSA) is 91.0 Å². The number of carbonyl (C=O) groups is 1. The van der Waals surface area contributed by atoms with Crippen LogP contribution in [0.1, 0.15) is 55.9 Å². The van der Waals surface area contributed by atoms with Crippen LogP contribution in [0.15, 0.2) is 47.7 Å². The van der Waals surface area contributed by atoms with Gasteiger partial charge in [-0.1, -0.05) is 6.07 Å². The Morgan fingerprint density at radius 1 is 1.26 bits per heavy atom. The molecule has 8 nitrogen and oxygen atoms in total. The number of aryl methyl sites for hydroxylation is 1. The molecule has 8 heteroatoms. The van der Waals surface area contributed by atoms with E-state index in [0.717, 1.165) is 25.7 Å². The third-order valence-electron chi connectivity index (χ3n) is 5.45. The van der Waals surface area contributed by atoms with Gasteiger partial charge in [0.05, 0.1) is 6.10 Å². The number of amides is 1. The second-order valence-corrected chi connectivity index (χ2v) is 8.14. The van der Waals surface area contributed by atoms with Gasteiger partial charge in [0.25, 0.3) is 11.5 Å². The second-order valence-electron chi connectivity index (χ2n) is 8.14. The van der Waals surface area contributed by atoms with Crippen molar-refractivity contribution in [3.8, 4) is 17.3 Å². The van der Waals surface area contributed by atoms with E-state index in [1.54, 1.807) is 31.6 Å². The Hall–Kier alpha value is -3.42. The lowest BCUT2D eigenvalue weighted by Crippen LogP contribution is -2.28. The first-order valence-electron chi connectivity index (χ1n) is 10.6. The number of ether oxygens (including phenoxy) is 1. The van der Waals surface area contributed by atoms with Crippen LogP contribution in [-0.2, 0) is 7.05 Å². The molecule has 0 aliphatic heterocycles. The summed E-state index contributed by atoms with van der Waals surface area (Å²) in [4.78, 5) is 34.4. The van der Waals surface area contributed by atoms with Crippen molar-refractivity contribution >= 4 is 11.7 Å². The number of anilines is 1. The Morgan fingerprint density at radius 2 is 2.03 bits per heavy atom. The SMILES string of the molecule is CC(C)n1ccnc1-c1cccc(NC(=O)c2cc(OC3CCCC3)cn(C)c2=O)n1. The van der Waals surface area contributed by atoms with Crippen molar-refractivity contribution in [1.82, 2.24) is 19.1 Å². The van der Waals surface area contributed by atoms with Gasteiger partial charge in [0, 0.05) is 37.7 Å². The number of pyridine rings is 2. The minimum absolute atomic E-state index is 0.0221. The molecule has 162 valence electrons. The Balaban J connectivity index is 1.58. The molecule has 0 aromatic carbocycles. The van der Waals surface area contributed by atoms with E-state index in [-0.39, 0.29) is 23.3 Å². The van der Waals surface area contributed by atoms with E-state index < -0.39 is 5.91 Å². The highest BCUT2D eigenvalue weighted by molar-refractivity contribution is 6.03. The third kappa shape index (κ3) is 4.52. The monoisotopic (exact) mass is 421 g/mol. The lowest BCUT2D eigenvalue weighted by Gasteiger charge is -2.15. The first kappa shape index (κ1) is 20.8. The van der Waals surface area contributed by atoms with E-state index >= 15 is 0 Å². The van der Waals surface area contributed by atoms with E-state index in [4.69, 9.17) is 4.74 Å². The van der Waals surface area contributed by atoms with Gasteiger partial charge in [-0.3, -0.25) is 9.59 Å².